The fourth-order valence-electron chi connectivity index (χ4n) is 1.13. The minimum absolute atomic E-state index is 1.31. The van der Waals surface area contributed by atoms with Crippen LogP contribution < -0.4 is 0 Å². The van der Waals surface area contributed by atoms with Gasteiger partial charge in [-0.25, -0.2) is 0 Å². The Morgan fingerprint density at radius 3 is 2.60 bits per heavy atom. The summed E-state index contributed by atoms with van der Waals surface area (Å²) in [5, 5.41) is 2.62. The number of hydrogen-bond acceptors (Lipinski definition) is 0. The van der Waals surface area contributed by atoms with Crippen LogP contribution in [0.2, 0.25) is 0 Å². The van der Waals surface area contributed by atoms with Gasteiger partial charge >= 0.3 is 59.9 Å². The van der Waals surface area contributed by atoms with E-state index in [1.807, 2.05) is 0 Å². The molecule has 2 rings (SSSR count). The molecule has 0 amide bonds. The second-order valence-corrected chi connectivity index (χ2v) is 2.35. The molecule has 0 fully saturated rings. The summed E-state index contributed by atoms with van der Waals surface area (Å²) in [6, 6.07) is 12.5. The zero-order chi connectivity index (χ0) is 6.81. The maximum absolute atomic E-state index is 2.12. The molecule has 0 aliphatic carbocycles. The summed E-state index contributed by atoms with van der Waals surface area (Å²) in [4.78, 5) is 0. The fourth-order valence-corrected chi connectivity index (χ4v) is 1.13. The van der Waals surface area contributed by atoms with E-state index in [2.05, 4.69) is 49.3 Å². The van der Waals surface area contributed by atoms with Crippen LogP contribution in [0.5, 0.6) is 0 Å². The molecule has 0 nitrogen and oxygen atoms in total. The van der Waals surface area contributed by atoms with E-state index in [0.29, 0.717) is 0 Å². The van der Waals surface area contributed by atoms with E-state index in [9.17, 15) is 0 Å². The zero-order valence-corrected chi connectivity index (χ0v) is 5.62. The molecular formula is C9H7B. The zero-order valence-electron chi connectivity index (χ0n) is 5.62. The van der Waals surface area contributed by atoms with E-state index in [-0.39, 0.29) is 0 Å². The first-order valence-corrected chi connectivity index (χ1v) is 3.40. The van der Waals surface area contributed by atoms with Crippen LogP contribution in [0.3, 0.4) is 0 Å². The molecule has 0 unspecified atom stereocenters. The molecular weight excluding hydrogens is 119 g/mol. The second kappa shape index (κ2) is 2.26. The molecule has 46 valence electrons. The van der Waals surface area contributed by atoms with Crippen LogP contribution in [-0.2, 0) is 0 Å². The van der Waals surface area contributed by atoms with Crippen LogP contribution >= 0.6 is 0 Å². The van der Waals surface area contributed by atoms with Crippen LogP contribution in [0.15, 0.2) is 42.4 Å². The van der Waals surface area contributed by atoms with Crippen molar-refractivity contribution in [1.82, 2.24) is 0 Å². The van der Waals surface area contributed by atoms with Crippen molar-refractivity contribution in [2.45, 2.75) is 0 Å². The van der Waals surface area contributed by atoms with Crippen molar-refractivity contribution in [3.63, 3.8) is 0 Å². The monoisotopic (exact) mass is 126 g/mol. The summed E-state index contributed by atoms with van der Waals surface area (Å²) in [5.41, 5.74) is 0. The fraction of sp³-hybridized carbons (Fsp3) is 0. The van der Waals surface area contributed by atoms with E-state index < -0.39 is 0 Å². The van der Waals surface area contributed by atoms with Gasteiger partial charge in [-0.15, -0.1) is 0 Å². The first-order chi connectivity index (χ1) is 4.97. The van der Waals surface area contributed by atoms with E-state index in [1.54, 1.807) is 0 Å². The predicted octanol–water partition coefficient (Wildman–Crippen LogP) is 2.18. The van der Waals surface area contributed by atoms with Gasteiger partial charge in [-0.05, 0) is 0 Å². The van der Waals surface area contributed by atoms with Gasteiger partial charge in [-0.2, -0.15) is 0 Å². The molecule has 2 aromatic rings. The predicted molar refractivity (Wildman–Crippen MR) is 45.3 cm³/mol. The van der Waals surface area contributed by atoms with Crippen LogP contribution in [0.4, 0.5) is 0 Å². The molecule has 0 spiro atoms. The summed E-state index contributed by atoms with van der Waals surface area (Å²) in [5.74, 6) is 2.06. The molecule has 0 aliphatic heterocycles. The van der Waals surface area contributed by atoms with E-state index in [1.165, 1.54) is 10.7 Å². The van der Waals surface area contributed by atoms with Crippen LogP contribution in [0.1, 0.15) is 0 Å². The van der Waals surface area contributed by atoms with Crippen LogP contribution in [0.25, 0.3) is 10.7 Å². The molecule has 1 aromatic heterocycles. The van der Waals surface area contributed by atoms with Gasteiger partial charge in [0.2, 0.25) is 0 Å². The molecule has 10 heavy (non-hydrogen) atoms. The molecule has 0 saturated carbocycles. The third-order valence-electron chi connectivity index (χ3n) is 1.66. The second-order valence-electron chi connectivity index (χ2n) is 2.35. The first-order valence-electron chi connectivity index (χ1n) is 3.40. The van der Waals surface area contributed by atoms with Crippen molar-refractivity contribution in [3.8, 4) is 0 Å². The Kier molecular flexibility index (Phi) is 1.28. The maximum atomic E-state index is 2.12. The molecule has 0 atom stereocenters. The van der Waals surface area contributed by atoms with Gasteiger partial charge in [-0.1, -0.05) is 0 Å². The van der Waals surface area contributed by atoms with Crippen molar-refractivity contribution in [1.29, 1.82) is 0 Å². The van der Waals surface area contributed by atoms with Crippen molar-refractivity contribution in [3.05, 3.63) is 42.4 Å². The van der Waals surface area contributed by atoms with Crippen LogP contribution in [-0.4, -0.2) is 6.91 Å². The quantitative estimate of drug-likeness (QED) is 0.507. The van der Waals surface area contributed by atoms with Gasteiger partial charge in [0.25, 0.3) is 0 Å². The standard InChI is InChI=1S/C9H7B/c1-2-6-9-8(4-1)5-3-7-10-9/h1-7H. The molecule has 0 saturated heterocycles. The summed E-state index contributed by atoms with van der Waals surface area (Å²) in [7, 11) is 0. The minimum atomic E-state index is 1.31. The first kappa shape index (κ1) is 5.66. The van der Waals surface area contributed by atoms with Gasteiger partial charge in [0.05, 0.1) is 0 Å². The molecule has 0 aliphatic rings. The van der Waals surface area contributed by atoms with Gasteiger partial charge in [0, 0.05) is 0 Å². The van der Waals surface area contributed by atoms with Crippen molar-refractivity contribution in [2.75, 3.05) is 0 Å². The Hall–Kier alpha value is -1.11. The molecule has 0 bridgehead atoms. The number of hydrogen-bond donors (Lipinski definition) is 0. The SMILES string of the molecule is b1cccc2ccccc12. The van der Waals surface area contributed by atoms with Gasteiger partial charge in [0.1, 0.15) is 0 Å². The topological polar surface area (TPSA) is 0 Å². The van der Waals surface area contributed by atoms with E-state index in [0.717, 1.165) is 0 Å². The normalized spacial score (nSPS) is 9.60. The van der Waals surface area contributed by atoms with Crippen molar-refractivity contribution in [2.24, 2.45) is 0 Å². The third-order valence-corrected chi connectivity index (χ3v) is 1.66. The number of rotatable bonds is 0. The molecule has 1 heteroatoms. The van der Waals surface area contributed by atoms with Crippen LogP contribution in [0, 0.1) is 0 Å². The van der Waals surface area contributed by atoms with Crippen molar-refractivity contribution >= 4 is 17.6 Å². The summed E-state index contributed by atoms with van der Waals surface area (Å²) < 4.78 is 0. The Morgan fingerprint density at radius 2 is 1.70 bits per heavy atom. The molecule has 1 heterocycles. The summed E-state index contributed by atoms with van der Waals surface area (Å²) in [6.07, 6.45) is 0. The summed E-state index contributed by atoms with van der Waals surface area (Å²) in [6.45, 7) is 2.12. The Labute approximate surface area is 60.7 Å². The van der Waals surface area contributed by atoms with E-state index in [4.69, 9.17) is 0 Å². The van der Waals surface area contributed by atoms with Crippen molar-refractivity contribution < 1.29 is 0 Å². The number of fused-ring (bicyclic) bond motifs is 1. The number of benzene rings is 1. The van der Waals surface area contributed by atoms with Gasteiger partial charge in [0.15, 0.2) is 0 Å². The molecule has 1 aromatic carbocycles. The third kappa shape index (κ3) is 0.839. The Balaban J connectivity index is 2.89. The average molecular weight is 126 g/mol. The summed E-state index contributed by atoms with van der Waals surface area (Å²) >= 11 is 0. The molecule has 0 radical (unpaired) electrons. The average Bonchev–Trinajstić information content (AvgIpc) is 2.05. The molecule has 0 N–H and O–H groups in total. The van der Waals surface area contributed by atoms with E-state index >= 15 is 0 Å². The van der Waals surface area contributed by atoms with Gasteiger partial charge < -0.3 is 0 Å². The van der Waals surface area contributed by atoms with Gasteiger partial charge in [-0.3, -0.25) is 0 Å². The Bertz CT molecular complexity index is 276. The Morgan fingerprint density at radius 1 is 0.900 bits per heavy atom.